The fraction of sp³-hybridized carbons (Fsp3) is 0.483. The monoisotopic (exact) mass is 959 g/mol. The summed E-state index contributed by atoms with van der Waals surface area (Å²) >= 11 is 0. The zero-order valence-corrected chi connectivity index (χ0v) is 41.2. The van der Waals surface area contributed by atoms with Gasteiger partial charge in [-0.15, -0.1) is 0 Å². The second-order valence-corrected chi connectivity index (χ2v) is 17.9. The normalized spacial score (nSPS) is 14.2. The zero-order chi connectivity index (χ0) is 49.4. The van der Waals surface area contributed by atoms with Crippen molar-refractivity contribution in [2.75, 3.05) is 26.4 Å². The van der Waals surface area contributed by atoms with E-state index in [9.17, 15) is 19.2 Å². The van der Waals surface area contributed by atoms with Crippen LogP contribution in [0.2, 0.25) is 0 Å². The molecule has 0 radical (unpaired) electrons. The Hall–Kier alpha value is -6.30. The molecule has 1 saturated carbocycles. The Morgan fingerprint density at radius 3 is 1.09 bits per heavy atom. The number of carbonyl (C=O) groups excluding carboxylic acids is 4. The van der Waals surface area contributed by atoms with Gasteiger partial charge in [-0.1, -0.05) is 127 Å². The summed E-state index contributed by atoms with van der Waals surface area (Å²) in [6.45, 7) is 9.04. The fourth-order valence-electron chi connectivity index (χ4n) is 8.30. The predicted molar refractivity (Wildman–Crippen MR) is 273 cm³/mol. The van der Waals surface area contributed by atoms with E-state index in [1.54, 1.807) is 36.7 Å². The molecule has 376 valence electrons. The summed E-state index contributed by atoms with van der Waals surface area (Å²) in [4.78, 5) is 57.9. The third-order valence-electron chi connectivity index (χ3n) is 12.4. The molecule has 0 unspecified atom stereocenters. The molecule has 2 heterocycles. The largest absolute Gasteiger partial charge is 0.492 e. The quantitative estimate of drug-likeness (QED) is 0.0190. The summed E-state index contributed by atoms with van der Waals surface area (Å²) in [7, 11) is 0. The van der Waals surface area contributed by atoms with Gasteiger partial charge >= 0.3 is 23.9 Å². The maximum absolute atomic E-state index is 13.3. The molecule has 2 aromatic carbocycles. The molecule has 1 aliphatic carbocycles. The number of benzene rings is 2. The van der Waals surface area contributed by atoms with Crippen LogP contribution in [0.3, 0.4) is 0 Å². The first kappa shape index (κ1) is 54.6. The van der Waals surface area contributed by atoms with Gasteiger partial charge in [-0.05, 0) is 99.9 Å². The number of rotatable bonds is 34. The number of aromatic nitrogens is 2. The van der Waals surface area contributed by atoms with E-state index in [1.165, 1.54) is 63.5 Å². The minimum absolute atomic E-state index is 0.350. The van der Waals surface area contributed by atoms with Crippen molar-refractivity contribution in [1.82, 2.24) is 9.97 Å². The Morgan fingerprint density at radius 1 is 0.443 bits per heavy atom. The molecule has 0 saturated heterocycles. The Labute approximate surface area is 415 Å². The fourth-order valence-corrected chi connectivity index (χ4v) is 8.30. The molecule has 4 aromatic rings. The van der Waals surface area contributed by atoms with Gasteiger partial charge in [-0.2, -0.15) is 0 Å². The molecule has 12 heteroatoms. The summed E-state index contributed by atoms with van der Waals surface area (Å²) in [5.41, 5.74) is 4.11. The van der Waals surface area contributed by atoms with Crippen LogP contribution in [0.4, 0.5) is 0 Å². The number of carbonyl (C=O) groups is 4. The van der Waals surface area contributed by atoms with Crippen molar-refractivity contribution in [3.63, 3.8) is 0 Å². The van der Waals surface area contributed by atoms with Crippen molar-refractivity contribution >= 4 is 23.9 Å². The van der Waals surface area contributed by atoms with E-state index >= 15 is 0 Å². The third kappa shape index (κ3) is 20.7. The van der Waals surface area contributed by atoms with E-state index in [-0.39, 0.29) is 11.9 Å². The van der Waals surface area contributed by atoms with Gasteiger partial charge < -0.3 is 28.4 Å². The number of hydrogen-bond donors (Lipinski definition) is 0. The first-order valence-electron chi connectivity index (χ1n) is 25.7. The molecule has 0 aliphatic heterocycles. The van der Waals surface area contributed by atoms with Gasteiger partial charge in [0.1, 0.15) is 23.7 Å². The highest BCUT2D eigenvalue weighted by molar-refractivity contribution is 5.91. The van der Waals surface area contributed by atoms with Crippen LogP contribution in [0.15, 0.2) is 111 Å². The minimum Gasteiger partial charge on any atom is -0.492 e. The molecule has 0 amide bonds. The first-order valence-corrected chi connectivity index (χ1v) is 25.7. The lowest BCUT2D eigenvalue weighted by Gasteiger charge is -2.30. The topological polar surface area (TPSA) is 149 Å². The molecule has 0 bridgehead atoms. The number of unbranched alkanes of at least 4 members (excludes halogenated alkanes) is 16. The van der Waals surface area contributed by atoms with Gasteiger partial charge in [0, 0.05) is 23.3 Å². The van der Waals surface area contributed by atoms with Gasteiger partial charge in [0.15, 0.2) is 0 Å². The smallest absolute Gasteiger partial charge is 0.338 e. The van der Waals surface area contributed by atoms with Crippen LogP contribution in [0.5, 0.6) is 11.5 Å². The SMILES string of the molecule is C=CC(=O)OCCCCCCCCCCCOc1ccc(-c2ccc(C(=O)O[C@@H]3CCCC[C@H]3OC(=O)c3ccc(-c4ccc(OCCCCCCCCCCCOC(=O)C=C)cn4)cc3)cc2)nc1. The van der Waals surface area contributed by atoms with Crippen molar-refractivity contribution in [2.24, 2.45) is 0 Å². The van der Waals surface area contributed by atoms with E-state index in [4.69, 9.17) is 28.4 Å². The Balaban J connectivity index is 0.941. The highest BCUT2D eigenvalue weighted by Crippen LogP contribution is 2.28. The van der Waals surface area contributed by atoms with Crippen LogP contribution in [0.25, 0.3) is 22.5 Å². The number of pyridine rings is 2. The molecule has 2 aromatic heterocycles. The van der Waals surface area contributed by atoms with Crippen LogP contribution in [-0.4, -0.2) is 72.5 Å². The van der Waals surface area contributed by atoms with E-state index in [1.807, 2.05) is 48.5 Å². The number of esters is 4. The van der Waals surface area contributed by atoms with Gasteiger partial charge in [-0.25, -0.2) is 19.2 Å². The summed E-state index contributed by atoms with van der Waals surface area (Å²) in [5, 5.41) is 0. The van der Waals surface area contributed by atoms with E-state index < -0.39 is 24.1 Å². The average Bonchev–Trinajstić information content (AvgIpc) is 3.39. The van der Waals surface area contributed by atoms with E-state index in [0.717, 1.165) is 111 Å². The van der Waals surface area contributed by atoms with Gasteiger partial charge in [0.05, 0.1) is 61.3 Å². The van der Waals surface area contributed by atoms with E-state index in [2.05, 4.69) is 23.1 Å². The summed E-state index contributed by atoms with van der Waals surface area (Å²) in [6.07, 6.45) is 27.9. The molecule has 0 spiro atoms. The lowest BCUT2D eigenvalue weighted by atomic mass is 9.94. The van der Waals surface area contributed by atoms with Crippen molar-refractivity contribution < 1.29 is 47.6 Å². The summed E-state index contributed by atoms with van der Waals surface area (Å²) < 4.78 is 33.8. The highest BCUT2D eigenvalue weighted by atomic mass is 16.6. The number of nitrogens with zero attached hydrogens (tertiary/aromatic N) is 2. The summed E-state index contributed by atoms with van der Waals surface area (Å²) in [6, 6.07) is 22.0. The Morgan fingerprint density at radius 2 is 0.771 bits per heavy atom. The van der Waals surface area contributed by atoms with Gasteiger partial charge in [-0.3, -0.25) is 9.97 Å². The predicted octanol–water partition coefficient (Wildman–Crippen LogP) is 13.4. The van der Waals surface area contributed by atoms with Gasteiger partial charge in [0.25, 0.3) is 0 Å². The van der Waals surface area contributed by atoms with Crippen molar-refractivity contribution in [3.8, 4) is 34.0 Å². The lowest BCUT2D eigenvalue weighted by molar-refractivity contribution is -0.138. The van der Waals surface area contributed by atoms with Crippen LogP contribution < -0.4 is 9.47 Å². The maximum atomic E-state index is 13.3. The highest BCUT2D eigenvalue weighted by Gasteiger charge is 2.32. The number of ether oxygens (including phenoxy) is 6. The first-order chi connectivity index (χ1) is 34.3. The van der Waals surface area contributed by atoms with Gasteiger partial charge in [0.2, 0.25) is 0 Å². The molecule has 1 aliphatic rings. The Kier molecular flexibility index (Phi) is 25.4. The molecule has 2 atom stereocenters. The molecule has 5 rings (SSSR count). The van der Waals surface area contributed by atoms with Crippen LogP contribution in [0, 0.1) is 0 Å². The third-order valence-corrected chi connectivity index (χ3v) is 12.4. The van der Waals surface area contributed by atoms with Crippen molar-refractivity contribution in [3.05, 3.63) is 122 Å². The Bertz CT molecular complexity index is 2000. The number of hydrogen-bond acceptors (Lipinski definition) is 12. The van der Waals surface area contributed by atoms with Crippen LogP contribution in [0.1, 0.15) is 162 Å². The lowest BCUT2D eigenvalue weighted by Crippen LogP contribution is -2.37. The van der Waals surface area contributed by atoms with Crippen molar-refractivity contribution in [2.45, 2.75) is 153 Å². The summed E-state index contributed by atoms with van der Waals surface area (Å²) in [5.74, 6) is -0.160. The second kappa shape index (κ2) is 32.5. The zero-order valence-electron chi connectivity index (χ0n) is 41.2. The van der Waals surface area contributed by atoms with E-state index in [0.29, 0.717) is 50.4 Å². The average molecular weight is 959 g/mol. The van der Waals surface area contributed by atoms with Crippen LogP contribution >= 0.6 is 0 Å². The molecule has 1 fully saturated rings. The second-order valence-electron chi connectivity index (χ2n) is 17.9. The van der Waals surface area contributed by atoms with Crippen molar-refractivity contribution in [1.29, 1.82) is 0 Å². The molecule has 70 heavy (non-hydrogen) atoms. The maximum Gasteiger partial charge on any atom is 0.338 e. The molecular weight excluding hydrogens is 885 g/mol. The molecular formula is C58H74N2O10. The van der Waals surface area contributed by atoms with Crippen LogP contribution in [-0.2, 0) is 28.5 Å². The standard InChI is InChI=1S/C58H74N2O10/c1-3-55(61)67-41-23-17-13-9-5-7-11-15-21-39-65-49-35-37-51(59-43-49)45-27-31-47(32-28-45)57(63)69-53-25-19-20-26-54(53)70-58(64)48-33-29-46(30-34-48)52-38-36-50(44-60-52)66-40-22-16-12-8-6-10-14-18-24-42-68-56(62)4-2/h3-4,27-38,43-44,53-54H,1-2,5-26,39-42H2/t53-,54-/m1/s1. The molecule has 12 nitrogen and oxygen atoms in total. The minimum atomic E-state index is -0.539. The molecule has 0 N–H and O–H groups in total.